The summed E-state index contributed by atoms with van der Waals surface area (Å²) in [6.45, 7) is 9.60. The standard InChI is InChI=1S/C9H17N4/c1-3-11-5-7-13-8-6-12(9(11)13)4-2-10-1/h10H,1-8H2/q+1. The van der Waals surface area contributed by atoms with Crippen molar-refractivity contribution in [1.82, 2.24) is 15.1 Å². The van der Waals surface area contributed by atoms with Gasteiger partial charge in [0.1, 0.15) is 0 Å². The predicted molar refractivity (Wildman–Crippen MR) is 51.0 cm³/mol. The van der Waals surface area contributed by atoms with Crippen molar-refractivity contribution in [2.45, 2.75) is 0 Å². The zero-order valence-electron chi connectivity index (χ0n) is 8.00. The van der Waals surface area contributed by atoms with Crippen LogP contribution < -0.4 is 5.32 Å². The van der Waals surface area contributed by atoms with E-state index in [0.717, 1.165) is 13.1 Å². The first-order chi connectivity index (χ1) is 6.45. The Morgan fingerprint density at radius 3 is 2.15 bits per heavy atom. The quantitative estimate of drug-likeness (QED) is 0.464. The predicted octanol–water partition coefficient (Wildman–Crippen LogP) is -1.41. The lowest BCUT2D eigenvalue weighted by atomic mass is 10.4. The molecule has 3 aliphatic heterocycles. The van der Waals surface area contributed by atoms with E-state index in [9.17, 15) is 0 Å². The van der Waals surface area contributed by atoms with Crippen molar-refractivity contribution in [2.24, 2.45) is 0 Å². The molecule has 0 bridgehead atoms. The topological polar surface area (TPSA) is 21.5 Å². The van der Waals surface area contributed by atoms with Crippen LogP contribution in [0.2, 0.25) is 0 Å². The average Bonchev–Trinajstić information content (AvgIpc) is 2.60. The molecule has 13 heavy (non-hydrogen) atoms. The van der Waals surface area contributed by atoms with Crippen LogP contribution in [0.3, 0.4) is 0 Å². The fraction of sp³-hybridized carbons (Fsp3) is 0.889. The summed E-state index contributed by atoms with van der Waals surface area (Å²) in [5.41, 5.74) is 0. The molecule has 0 amide bonds. The zero-order chi connectivity index (χ0) is 8.67. The Balaban J connectivity index is 1.88. The van der Waals surface area contributed by atoms with Crippen LogP contribution >= 0.6 is 0 Å². The molecule has 72 valence electrons. The summed E-state index contributed by atoms with van der Waals surface area (Å²) in [4.78, 5) is 5.05. The molecule has 3 heterocycles. The van der Waals surface area contributed by atoms with Gasteiger partial charge >= 0.3 is 5.96 Å². The van der Waals surface area contributed by atoms with Crippen LogP contribution in [0, 0.1) is 0 Å². The zero-order valence-corrected chi connectivity index (χ0v) is 8.00. The van der Waals surface area contributed by atoms with E-state index < -0.39 is 0 Å². The number of nitrogens with one attached hydrogen (secondary N) is 1. The highest BCUT2D eigenvalue weighted by atomic mass is 15.5. The van der Waals surface area contributed by atoms with Crippen molar-refractivity contribution in [3.8, 4) is 0 Å². The minimum absolute atomic E-state index is 1.14. The Kier molecular flexibility index (Phi) is 1.68. The molecule has 0 spiro atoms. The summed E-state index contributed by atoms with van der Waals surface area (Å²) in [6, 6.07) is 0. The molecule has 3 rings (SSSR count). The number of nitrogens with zero attached hydrogens (tertiary/aromatic N) is 3. The molecule has 0 aromatic rings. The Bertz CT molecular complexity index is 226. The fourth-order valence-electron chi connectivity index (χ4n) is 2.57. The molecule has 1 N–H and O–H groups in total. The SMILES string of the molecule is C1CN2CC[N+]3=C2N(CCN1)CC3. The Labute approximate surface area is 78.8 Å². The summed E-state index contributed by atoms with van der Waals surface area (Å²) >= 11 is 0. The van der Waals surface area contributed by atoms with Crippen molar-refractivity contribution >= 4 is 5.96 Å². The van der Waals surface area contributed by atoms with E-state index in [1.165, 1.54) is 45.2 Å². The maximum atomic E-state index is 3.47. The highest BCUT2D eigenvalue weighted by Gasteiger charge is 2.39. The van der Waals surface area contributed by atoms with E-state index >= 15 is 0 Å². The molecule has 0 aromatic carbocycles. The first kappa shape index (κ1) is 7.62. The third-order valence-corrected chi connectivity index (χ3v) is 3.25. The Hall–Kier alpha value is -0.770. The normalized spacial score (nSPS) is 27.7. The number of hydrogen-bond donors (Lipinski definition) is 1. The van der Waals surface area contributed by atoms with Crippen molar-refractivity contribution in [2.75, 3.05) is 52.4 Å². The van der Waals surface area contributed by atoms with Gasteiger partial charge in [-0.25, -0.2) is 0 Å². The van der Waals surface area contributed by atoms with E-state index in [0.29, 0.717) is 0 Å². The lowest BCUT2D eigenvalue weighted by Crippen LogP contribution is -2.49. The third kappa shape index (κ3) is 1.12. The summed E-state index contributed by atoms with van der Waals surface area (Å²) in [7, 11) is 0. The summed E-state index contributed by atoms with van der Waals surface area (Å²) in [5, 5.41) is 3.47. The van der Waals surface area contributed by atoms with Crippen LogP contribution in [-0.2, 0) is 0 Å². The second kappa shape index (κ2) is 2.87. The van der Waals surface area contributed by atoms with E-state index in [1.807, 2.05) is 0 Å². The lowest BCUT2D eigenvalue weighted by molar-refractivity contribution is -0.508. The third-order valence-electron chi connectivity index (χ3n) is 3.25. The van der Waals surface area contributed by atoms with Gasteiger partial charge < -0.3 is 5.32 Å². The van der Waals surface area contributed by atoms with Crippen molar-refractivity contribution in [3.05, 3.63) is 0 Å². The Morgan fingerprint density at radius 2 is 1.54 bits per heavy atom. The second-order valence-corrected chi connectivity index (χ2v) is 4.01. The summed E-state index contributed by atoms with van der Waals surface area (Å²) in [5.74, 6) is 1.52. The minimum Gasteiger partial charge on any atom is -0.310 e. The van der Waals surface area contributed by atoms with Gasteiger partial charge in [-0.05, 0) is 0 Å². The van der Waals surface area contributed by atoms with Gasteiger partial charge in [-0.1, -0.05) is 0 Å². The van der Waals surface area contributed by atoms with Crippen molar-refractivity contribution in [1.29, 1.82) is 0 Å². The van der Waals surface area contributed by atoms with Crippen LogP contribution in [0.1, 0.15) is 0 Å². The molecular weight excluding hydrogens is 164 g/mol. The highest BCUT2D eigenvalue weighted by Crippen LogP contribution is 2.12. The lowest BCUT2D eigenvalue weighted by Gasteiger charge is -2.23. The first-order valence-corrected chi connectivity index (χ1v) is 5.28. The van der Waals surface area contributed by atoms with Gasteiger partial charge in [0.2, 0.25) is 0 Å². The number of hydrogen-bond acceptors (Lipinski definition) is 3. The van der Waals surface area contributed by atoms with Crippen molar-refractivity contribution in [3.63, 3.8) is 0 Å². The van der Waals surface area contributed by atoms with E-state index in [4.69, 9.17) is 0 Å². The summed E-state index contributed by atoms with van der Waals surface area (Å²) in [6.07, 6.45) is 0. The molecule has 0 atom stereocenters. The Morgan fingerprint density at radius 1 is 0.923 bits per heavy atom. The summed E-state index contributed by atoms with van der Waals surface area (Å²) < 4.78 is 2.53. The van der Waals surface area contributed by atoms with Crippen LogP contribution in [0.4, 0.5) is 0 Å². The van der Waals surface area contributed by atoms with Gasteiger partial charge in [0.15, 0.2) is 0 Å². The molecule has 0 unspecified atom stereocenters. The van der Waals surface area contributed by atoms with E-state index in [1.54, 1.807) is 0 Å². The minimum atomic E-state index is 1.14. The molecule has 4 heteroatoms. The number of rotatable bonds is 0. The smallest absolute Gasteiger partial charge is 0.310 e. The van der Waals surface area contributed by atoms with Gasteiger partial charge in [0.25, 0.3) is 0 Å². The molecular formula is C9H17N4+. The van der Waals surface area contributed by atoms with Gasteiger partial charge in [0, 0.05) is 13.1 Å². The van der Waals surface area contributed by atoms with Crippen LogP contribution in [-0.4, -0.2) is 72.7 Å². The highest BCUT2D eigenvalue weighted by molar-refractivity contribution is 5.77. The van der Waals surface area contributed by atoms with Crippen LogP contribution in [0.25, 0.3) is 0 Å². The molecule has 4 nitrogen and oxygen atoms in total. The van der Waals surface area contributed by atoms with Gasteiger partial charge in [-0.2, -0.15) is 0 Å². The fourth-order valence-corrected chi connectivity index (χ4v) is 2.57. The molecule has 0 saturated carbocycles. The van der Waals surface area contributed by atoms with Gasteiger partial charge in [0.05, 0.1) is 39.3 Å². The van der Waals surface area contributed by atoms with Gasteiger partial charge in [-0.15, -0.1) is 0 Å². The van der Waals surface area contributed by atoms with Gasteiger partial charge in [-0.3, -0.25) is 14.4 Å². The monoisotopic (exact) mass is 181 g/mol. The molecule has 1 saturated heterocycles. The average molecular weight is 181 g/mol. The van der Waals surface area contributed by atoms with Crippen molar-refractivity contribution < 1.29 is 4.58 Å². The molecule has 1 fully saturated rings. The molecule has 0 aliphatic carbocycles. The maximum Gasteiger partial charge on any atom is 0.351 e. The van der Waals surface area contributed by atoms with Crippen LogP contribution in [0.5, 0.6) is 0 Å². The first-order valence-electron chi connectivity index (χ1n) is 5.28. The van der Waals surface area contributed by atoms with E-state index in [2.05, 4.69) is 19.7 Å². The molecule has 0 aromatic heterocycles. The number of guanidine groups is 1. The maximum absolute atomic E-state index is 3.47. The van der Waals surface area contributed by atoms with Crippen LogP contribution in [0.15, 0.2) is 0 Å². The molecule has 3 aliphatic rings. The largest absolute Gasteiger partial charge is 0.351 e. The molecule has 0 radical (unpaired) electrons. The second-order valence-electron chi connectivity index (χ2n) is 4.01. The van der Waals surface area contributed by atoms with E-state index in [-0.39, 0.29) is 0 Å².